The van der Waals surface area contributed by atoms with E-state index in [1.165, 1.54) is 0 Å². The smallest absolute Gasteiger partial charge is 0.251 e. The van der Waals surface area contributed by atoms with Crippen LogP contribution in [0.2, 0.25) is 0 Å². The number of nitrogens with zero attached hydrogens (tertiary/aromatic N) is 1. The third-order valence-electron chi connectivity index (χ3n) is 2.28. The Morgan fingerprint density at radius 1 is 1.38 bits per heavy atom. The topological polar surface area (TPSA) is 57.8 Å². The molecule has 0 fully saturated rings. The maximum Gasteiger partial charge on any atom is 0.251 e. The van der Waals surface area contributed by atoms with Gasteiger partial charge in [0.1, 0.15) is 5.82 Å². The molecule has 0 saturated carbocycles. The minimum absolute atomic E-state index is 0.0867. The highest BCUT2D eigenvalue weighted by atomic mass is 16.1. The summed E-state index contributed by atoms with van der Waals surface area (Å²) in [6.07, 6.45) is 3.39. The maximum absolute atomic E-state index is 11.7. The molecule has 1 aromatic heterocycles. The molecule has 16 heavy (non-hydrogen) atoms. The van der Waals surface area contributed by atoms with Gasteiger partial charge in [-0.25, -0.2) is 4.98 Å². The van der Waals surface area contributed by atoms with E-state index in [9.17, 15) is 4.79 Å². The Hall–Kier alpha value is -2.10. The first kappa shape index (κ1) is 10.4. The van der Waals surface area contributed by atoms with Crippen molar-refractivity contribution in [1.29, 1.82) is 0 Å². The van der Waals surface area contributed by atoms with E-state index in [1.807, 2.05) is 31.2 Å². The molecule has 0 aliphatic carbocycles. The van der Waals surface area contributed by atoms with Crippen molar-refractivity contribution >= 4 is 5.91 Å². The third-order valence-corrected chi connectivity index (χ3v) is 2.28. The van der Waals surface area contributed by atoms with E-state index in [-0.39, 0.29) is 5.91 Å². The number of hydrogen-bond acceptors (Lipinski definition) is 2. The molecule has 0 aliphatic heterocycles. The molecule has 4 nitrogen and oxygen atoms in total. The summed E-state index contributed by atoms with van der Waals surface area (Å²) < 4.78 is 0. The van der Waals surface area contributed by atoms with Gasteiger partial charge < -0.3 is 10.3 Å². The van der Waals surface area contributed by atoms with Crippen LogP contribution in [-0.4, -0.2) is 15.9 Å². The molecule has 1 heterocycles. The summed E-state index contributed by atoms with van der Waals surface area (Å²) in [6.45, 7) is 2.41. The number of aryl methyl sites for hydroxylation is 1. The van der Waals surface area contributed by atoms with Crippen molar-refractivity contribution in [3.05, 3.63) is 53.6 Å². The molecule has 2 rings (SSSR count). The van der Waals surface area contributed by atoms with Crippen molar-refractivity contribution in [1.82, 2.24) is 15.3 Å². The van der Waals surface area contributed by atoms with Gasteiger partial charge in [0.15, 0.2) is 0 Å². The molecule has 0 unspecified atom stereocenters. The highest BCUT2D eigenvalue weighted by Crippen LogP contribution is 2.03. The number of nitrogens with one attached hydrogen (secondary N) is 2. The summed E-state index contributed by atoms with van der Waals surface area (Å²) >= 11 is 0. The van der Waals surface area contributed by atoms with Crippen LogP contribution in [0.5, 0.6) is 0 Å². The molecule has 1 aromatic carbocycles. The fraction of sp³-hybridized carbons (Fsp3) is 0.167. The van der Waals surface area contributed by atoms with Crippen molar-refractivity contribution in [3.63, 3.8) is 0 Å². The number of imidazole rings is 1. The zero-order chi connectivity index (χ0) is 11.4. The van der Waals surface area contributed by atoms with Gasteiger partial charge >= 0.3 is 0 Å². The largest absolute Gasteiger partial charge is 0.347 e. The predicted molar refractivity (Wildman–Crippen MR) is 60.9 cm³/mol. The summed E-state index contributed by atoms with van der Waals surface area (Å²) in [5.41, 5.74) is 1.81. The lowest BCUT2D eigenvalue weighted by Gasteiger charge is -2.03. The molecule has 2 N–H and O–H groups in total. The minimum Gasteiger partial charge on any atom is -0.347 e. The Bertz CT molecular complexity index is 460. The van der Waals surface area contributed by atoms with Gasteiger partial charge in [-0.15, -0.1) is 0 Å². The van der Waals surface area contributed by atoms with Gasteiger partial charge in [-0.05, 0) is 19.1 Å². The molecule has 82 valence electrons. The second-order valence-electron chi connectivity index (χ2n) is 3.58. The molecule has 0 spiro atoms. The molecule has 0 radical (unpaired) electrons. The predicted octanol–water partition coefficient (Wildman–Crippen LogP) is 1.65. The van der Waals surface area contributed by atoms with Gasteiger partial charge in [0.2, 0.25) is 0 Å². The molecule has 0 bridgehead atoms. The van der Waals surface area contributed by atoms with Crippen LogP contribution in [0.1, 0.15) is 21.7 Å². The molecule has 1 amide bonds. The Kier molecular flexibility index (Phi) is 3.00. The van der Waals surface area contributed by atoms with Gasteiger partial charge in [0.05, 0.1) is 6.54 Å². The fourth-order valence-electron chi connectivity index (χ4n) is 1.37. The zero-order valence-electron chi connectivity index (χ0n) is 9.03. The maximum atomic E-state index is 11.7. The summed E-state index contributed by atoms with van der Waals surface area (Å²) in [4.78, 5) is 18.7. The standard InChI is InChI=1S/C12H13N3O/c1-9-2-4-10(5-3-9)12(16)15-8-11-13-6-7-14-11/h2-7H,8H2,1H3,(H,13,14)(H,15,16). The third kappa shape index (κ3) is 2.48. The first-order chi connectivity index (χ1) is 7.75. The van der Waals surface area contributed by atoms with Crippen molar-refractivity contribution in [2.24, 2.45) is 0 Å². The number of H-pyrrole nitrogens is 1. The van der Waals surface area contributed by atoms with E-state index >= 15 is 0 Å². The van der Waals surface area contributed by atoms with Crippen molar-refractivity contribution in [3.8, 4) is 0 Å². The molecular formula is C12H13N3O. The van der Waals surface area contributed by atoms with Crippen LogP contribution < -0.4 is 5.32 Å². The van der Waals surface area contributed by atoms with Crippen LogP contribution in [0.3, 0.4) is 0 Å². The highest BCUT2D eigenvalue weighted by molar-refractivity contribution is 5.94. The van der Waals surface area contributed by atoms with E-state index in [0.717, 1.165) is 11.4 Å². The molecule has 2 aromatic rings. The quantitative estimate of drug-likeness (QED) is 0.817. The Morgan fingerprint density at radius 3 is 2.75 bits per heavy atom. The number of carbonyl (C=O) groups excluding carboxylic acids is 1. The van der Waals surface area contributed by atoms with Gasteiger partial charge in [-0.1, -0.05) is 17.7 Å². The molecule has 0 saturated heterocycles. The first-order valence-corrected chi connectivity index (χ1v) is 5.09. The van der Waals surface area contributed by atoms with Gasteiger partial charge in [0.25, 0.3) is 5.91 Å². The summed E-state index contributed by atoms with van der Waals surface area (Å²) in [5, 5.41) is 2.79. The number of aromatic nitrogens is 2. The summed E-state index contributed by atoms with van der Waals surface area (Å²) in [7, 11) is 0. The van der Waals surface area contributed by atoms with Crippen LogP contribution in [0.4, 0.5) is 0 Å². The second-order valence-corrected chi connectivity index (χ2v) is 3.58. The van der Waals surface area contributed by atoms with Gasteiger partial charge in [-0.3, -0.25) is 4.79 Å². The lowest BCUT2D eigenvalue weighted by atomic mass is 10.1. The lowest BCUT2D eigenvalue weighted by molar-refractivity contribution is 0.0950. The van der Waals surface area contributed by atoms with Crippen molar-refractivity contribution in [2.75, 3.05) is 0 Å². The van der Waals surface area contributed by atoms with Gasteiger partial charge in [0, 0.05) is 18.0 Å². The number of benzene rings is 1. The van der Waals surface area contributed by atoms with E-state index in [2.05, 4.69) is 15.3 Å². The second kappa shape index (κ2) is 4.61. The number of hydrogen-bond donors (Lipinski definition) is 2. The average molecular weight is 215 g/mol. The fourth-order valence-corrected chi connectivity index (χ4v) is 1.37. The Labute approximate surface area is 93.7 Å². The van der Waals surface area contributed by atoms with E-state index in [1.54, 1.807) is 12.4 Å². The molecule has 4 heteroatoms. The molecule has 0 aliphatic rings. The number of aromatic amines is 1. The lowest BCUT2D eigenvalue weighted by Crippen LogP contribution is -2.23. The van der Waals surface area contributed by atoms with Crippen LogP contribution >= 0.6 is 0 Å². The number of carbonyl (C=O) groups is 1. The van der Waals surface area contributed by atoms with Crippen molar-refractivity contribution < 1.29 is 4.79 Å². The highest BCUT2D eigenvalue weighted by Gasteiger charge is 2.04. The summed E-state index contributed by atoms with van der Waals surface area (Å²) in [5.74, 6) is 0.664. The average Bonchev–Trinajstić information content (AvgIpc) is 2.80. The van der Waals surface area contributed by atoms with Gasteiger partial charge in [-0.2, -0.15) is 0 Å². The normalized spacial score (nSPS) is 10.1. The van der Waals surface area contributed by atoms with Crippen molar-refractivity contribution in [2.45, 2.75) is 13.5 Å². The zero-order valence-corrected chi connectivity index (χ0v) is 9.03. The van der Waals surface area contributed by atoms with E-state index in [0.29, 0.717) is 12.1 Å². The van der Waals surface area contributed by atoms with Crippen LogP contribution in [0.15, 0.2) is 36.7 Å². The van der Waals surface area contributed by atoms with E-state index < -0.39 is 0 Å². The Morgan fingerprint density at radius 2 is 2.12 bits per heavy atom. The van der Waals surface area contributed by atoms with Crippen LogP contribution in [0.25, 0.3) is 0 Å². The Balaban J connectivity index is 1.95. The monoisotopic (exact) mass is 215 g/mol. The summed E-state index contributed by atoms with van der Waals surface area (Å²) in [6, 6.07) is 7.46. The first-order valence-electron chi connectivity index (χ1n) is 5.09. The number of amides is 1. The SMILES string of the molecule is Cc1ccc(C(=O)NCc2ncc[nH]2)cc1. The van der Waals surface area contributed by atoms with E-state index in [4.69, 9.17) is 0 Å². The molecule has 0 atom stereocenters. The number of rotatable bonds is 3. The van der Waals surface area contributed by atoms with Crippen LogP contribution in [0, 0.1) is 6.92 Å². The van der Waals surface area contributed by atoms with Crippen LogP contribution in [-0.2, 0) is 6.54 Å². The molecular weight excluding hydrogens is 202 g/mol. The minimum atomic E-state index is -0.0867.